The van der Waals surface area contributed by atoms with Crippen LogP contribution in [0.1, 0.15) is 39.0 Å². The fourth-order valence-electron chi connectivity index (χ4n) is 3.48. The van der Waals surface area contributed by atoms with E-state index in [1.54, 1.807) is 19.0 Å². The third kappa shape index (κ3) is 7.30. The monoisotopic (exact) mass is 394 g/mol. The Hall–Kier alpha value is -1.83. The number of guanidine groups is 1. The number of carbonyl (C=O) groups is 2. The molecule has 0 atom stereocenters. The summed E-state index contributed by atoms with van der Waals surface area (Å²) in [7, 11) is 3.50. The van der Waals surface area contributed by atoms with Gasteiger partial charge in [0.1, 0.15) is 6.54 Å². The Morgan fingerprint density at radius 2 is 1.64 bits per heavy atom. The quantitative estimate of drug-likeness (QED) is 0.386. The predicted octanol–water partition coefficient (Wildman–Crippen LogP) is 0.450. The Kier molecular flexibility index (Phi) is 9.54. The lowest BCUT2D eigenvalue weighted by atomic mass is 10.1. The van der Waals surface area contributed by atoms with Gasteiger partial charge in [-0.3, -0.25) is 14.5 Å². The van der Waals surface area contributed by atoms with Gasteiger partial charge in [-0.25, -0.2) is 4.99 Å². The van der Waals surface area contributed by atoms with E-state index >= 15 is 0 Å². The fraction of sp³-hybridized carbons (Fsp3) is 0.850. The van der Waals surface area contributed by atoms with Gasteiger partial charge >= 0.3 is 0 Å². The van der Waals surface area contributed by atoms with Crippen LogP contribution in [0.15, 0.2) is 4.99 Å². The number of amides is 2. The number of rotatable bonds is 7. The van der Waals surface area contributed by atoms with Crippen LogP contribution >= 0.6 is 0 Å². The number of hydrogen-bond donors (Lipinski definition) is 1. The summed E-state index contributed by atoms with van der Waals surface area (Å²) < 4.78 is 0. The molecule has 0 unspecified atom stereocenters. The summed E-state index contributed by atoms with van der Waals surface area (Å²) in [6.07, 6.45) is 5.70. The minimum atomic E-state index is 0.000515. The van der Waals surface area contributed by atoms with E-state index in [4.69, 9.17) is 0 Å². The van der Waals surface area contributed by atoms with Crippen molar-refractivity contribution in [3.63, 3.8) is 0 Å². The summed E-state index contributed by atoms with van der Waals surface area (Å²) in [6, 6.07) is 0. The first-order valence-corrected chi connectivity index (χ1v) is 10.7. The van der Waals surface area contributed by atoms with Gasteiger partial charge in [0, 0.05) is 59.9 Å². The van der Waals surface area contributed by atoms with Crippen LogP contribution < -0.4 is 5.32 Å². The standard InChI is InChI=1S/C20H38N6O2/c1-4-5-9-21-20(22-16-18(27)23(2)3)26-14-12-24(13-15-26)17-19(28)25-10-7-6-8-11-25/h4-17H2,1-3H3,(H,21,22). The Bertz CT molecular complexity index is 523. The van der Waals surface area contributed by atoms with Crippen LogP contribution in [-0.2, 0) is 9.59 Å². The van der Waals surface area contributed by atoms with Gasteiger partial charge in [0.2, 0.25) is 11.8 Å². The highest BCUT2D eigenvalue weighted by atomic mass is 16.2. The van der Waals surface area contributed by atoms with E-state index in [0.717, 1.165) is 77.5 Å². The van der Waals surface area contributed by atoms with Gasteiger partial charge in [0.05, 0.1) is 6.54 Å². The molecule has 28 heavy (non-hydrogen) atoms. The van der Waals surface area contributed by atoms with Crippen LogP contribution in [0, 0.1) is 0 Å². The van der Waals surface area contributed by atoms with E-state index in [-0.39, 0.29) is 18.4 Å². The number of carbonyl (C=O) groups excluding carboxylic acids is 2. The maximum atomic E-state index is 12.5. The lowest BCUT2D eigenvalue weighted by Gasteiger charge is -2.37. The maximum Gasteiger partial charge on any atom is 0.243 e. The average Bonchev–Trinajstić information content (AvgIpc) is 2.71. The molecule has 0 radical (unpaired) electrons. The molecule has 0 aromatic rings. The summed E-state index contributed by atoms with van der Waals surface area (Å²) in [4.78, 5) is 37.0. The first-order chi connectivity index (χ1) is 13.5. The van der Waals surface area contributed by atoms with Gasteiger partial charge in [-0.15, -0.1) is 0 Å². The zero-order valence-electron chi connectivity index (χ0n) is 18.0. The number of piperazine rings is 1. The van der Waals surface area contributed by atoms with Gasteiger partial charge < -0.3 is 20.0 Å². The summed E-state index contributed by atoms with van der Waals surface area (Å²) in [6.45, 7) is 8.85. The van der Waals surface area contributed by atoms with Crippen LogP contribution in [-0.4, -0.2) is 110 Å². The van der Waals surface area contributed by atoms with Crippen molar-refractivity contribution in [2.45, 2.75) is 39.0 Å². The van der Waals surface area contributed by atoms with Gasteiger partial charge in [-0.05, 0) is 25.7 Å². The van der Waals surface area contributed by atoms with Crippen molar-refractivity contribution in [1.82, 2.24) is 24.9 Å². The number of likely N-dealkylation sites (tertiary alicyclic amines) is 1. The molecule has 2 saturated heterocycles. The molecule has 2 aliphatic rings. The Balaban J connectivity index is 1.84. The van der Waals surface area contributed by atoms with E-state index in [0.29, 0.717) is 6.54 Å². The molecule has 0 aromatic heterocycles. The number of unbranched alkanes of at least 4 members (excludes halogenated alkanes) is 1. The van der Waals surface area contributed by atoms with Crippen molar-refractivity contribution in [2.24, 2.45) is 4.99 Å². The third-order valence-corrected chi connectivity index (χ3v) is 5.42. The van der Waals surface area contributed by atoms with Gasteiger partial charge in [0.25, 0.3) is 0 Å². The van der Waals surface area contributed by atoms with Crippen molar-refractivity contribution < 1.29 is 9.59 Å². The number of piperidine rings is 1. The lowest BCUT2D eigenvalue weighted by Crippen LogP contribution is -2.54. The number of hydrogen-bond acceptors (Lipinski definition) is 4. The summed E-state index contributed by atoms with van der Waals surface area (Å²) >= 11 is 0. The SMILES string of the molecule is CCCCNC(=NCC(=O)N(C)C)N1CCN(CC(=O)N2CCCCC2)CC1. The van der Waals surface area contributed by atoms with Crippen LogP contribution in [0.4, 0.5) is 0 Å². The van der Waals surface area contributed by atoms with Gasteiger partial charge in [-0.2, -0.15) is 0 Å². The number of likely N-dealkylation sites (N-methyl/N-ethyl adjacent to an activating group) is 1. The fourth-order valence-corrected chi connectivity index (χ4v) is 3.48. The predicted molar refractivity (Wildman–Crippen MR) is 112 cm³/mol. The van der Waals surface area contributed by atoms with Crippen LogP contribution in [0.5, 0.6) is 0 Å². The van der Waals surface area contributed by atoms with Crippen LogP contribution in [0.25, 0.3) is 0 Å². The molecular formula is C20H38N6O2. The molecule has 0 bridgehead atoms. The van der Waals surface area contributed by atoms with Crippen molar-refractivity contribution in [1.29, 1.82) is 0 Å². The summed E-state index contributed by atoms with van der Waals surface area (Å²) in [5.41, 5.74) is 0. The topological polar surface area (TPSA) is 71.5 Å². The molecule has 0 spiro atoms. The Labute approximate surface area is 169 Å². The van der Waals surface area contributed by atoms with Gasteiger partial charge in [-0.1, -0.05) is 13.3 Å². The molecule has 8 heteroatoms. The first-order valence-electron chi connectivity index (χ1n) is 10.7. The molecular weight excluding hydrogens is 356 g/mol. The normalized spacial score (nSPS) is 18.9. The molecule has 1 N–H and O–H groups in total. The minimum Gasteiger partial charge on any atom is -0.356 e. The van der Waals surface area contributed by atoms with Crippen LogP contribution in [0.2, 0.25) is 0 Å². The third-order valence-electron chi connectivity index (χ3n) is 5.42. The summed E-state index contributed by atoms with van der Waals surface area (Å²) in [5.74, 6) is 1.07. The molecule has 8 nitrogen and oxygen atoms in total. The maximum absolute atomic E-state index is 12.5. The molecule has 0 aromatic carbocycles. The molecule has 2 fully saturated rings. The van der Waals surface area contributed by atoms with Gasteiger partial charge in [0.15, 0.2) is 5.96 Å². The van der Waals surface area contributed by atoms with Crippen molar-refractivity contribution in [2.75, 3.05) is 73.0 Å². The Morgan fingerprint density at radius 3 is 2.25 bits per heavy atom. The van der Waals surface area contributed by atoms with Crippen molar-refractivity contribution in [3.05, 3.63) is 0 Å². The zero-order chi connectivity index (χ0) is 20.4. The van der Waals surface area contributed by atoms with E-state index in [9.17, 15) is 9.59 Å². The van der Waals surface area contributed by atoms with Crippen molar-refractivity contribution in [3.8, 4) is 0 Å². The van der Waals surface area contributed by atoms with E-state index in [1.165, 1.54) is 6.42 Å². The first kappa shape index (κ1) is 22.5. The number of aliphatic imine (C=N–C) groups is 1. The second kappa shape index (κ2) is 11.9. The Morgan fingerprint density at radius 1 is 0.964 bits per heavy atom. The number of nitrogens with zero attached hydrogens (tertiary/aromatic N) is 5. The lowest BCUT2D eigenvalue weighted by molar-refractivity contribution is -0.133. The van der Waals surface area contributed by atoms with E-state index in [2.05, 4.69) is 27.0 Å². The molecule has 0 saturated carbocycles. The summed E-state index contributed by atoms with van der Waals surface area (Å²) in [5, 5.41) is 3.40. The molecule has 2 amide bonds. The van der Waals surface area contributed by atoms with E-state index in [1.807, 2.05) is 4.90 Å². The zero-order valence-corrected chi connectivity index (χ0v) is 18.0. The molecule has 160 valence electrons. The highest BCUT2D eigenvalue weighted by Gasteiger charge is 2.24. The highest BCUT2D eigenvalue weighted by Crippen LogP contribution is 2.10. The molecule has 2 heterocycles. The largest absolute Gasteiger partial charge is 0.356 e. The average molecular weight is 395 g/mol. The molecule has 2 rings (SSSR count). The second-order valence-electron chi connectivity index (χ2n) is 7.91. The van der Waals surface area contributed by atoms with E-state index < -0.39 is 0 Å². The second-order valence-corrected chi connectivity index (χ2v) is 7.91. The number of nitrogens with one attached hydrogen (secondary N) is 1. The highest BCUT2D eigenvalue weighted by molar-refractivity contribution is 5.85. The minimum absolute atomic E-state index is 0.000515. The molecule has 0 aliphatic carbocycles. The van der Waals surface area contributed by atoms with Crippen molar-refractivity contribution >= 4 is 17.8 Å². The van der Waals surface area contributed by atoms with Crippen LogP contribution in [0.3, 0.4) is 0 Å². The smallest absolute Gasteiger partial charge is 0.243 e. The molecule has 2 aliphatic heterocycles.